The molecule has 3 aromatic carbocycles. The molecule has 1 aromatic heterocycles. The number of carbonyl (C=O) groups excluding carboxylic acids is 1. The first-order chi connectivity index (χ1) is 16.1. The number of H-pyrrole nitrogens is 1. The number of aromatic nitrogens is 2. The van der Waals surface area contributed by atoms with Crippen molar-refractivity contribution in [3.05, 3.63) is 84.1 Å². The first-order valence-electron chi connectivity index (χ1n) is 11.1. The number of fused-ring (bicyclic) bond motifs is 2. The summed E-state index contributed by atoms with van der Waals surface area (Å²) in [6, 6.07) is 22.2. The molecule has 33 heavy (non-hydrogen) atoms. The van der Waals surface area contributed by atoms with E-state index >= 15 is 0 Å². The number of amides is 1. The molecule has 166 valence electrons. The van der Waals surface area contributed by atoms with Crippen molar-refractivity contribution in [3.8, 4) is 0 Å². The zero-order valence-corrected chi connectivity index (χ0v) is 18.7. The van der Waals surface area contributed by atoms with E-state index in [0.717, 1.165) is 51.3 Å². The van der Waals surface area contributed by atoms with Gasteiger partial charge in [0.2, 0.25) is 5.91 Å². The number of aromatic amines is 1. The molecule has 1 unspecified atom stereocenters. The molecule has 0 radical (unpaired) electrons. The number of hydrogen-bond acceptors (Lipinski definition) is 5. The van der Waals surface area contributed by atoms with Crippen LogP contribution in [0.5, 0.6) is 0 Å². The molecule has 7 nitrogen and oxygen atoms in total. The molecule has 5 rings (SSSR count). The first kappa shape index (κ1) is 20.8. The van der Waals surface area contributed by atoms with Gasteiger partial charge in [-0.05, 0) is 42.8 Å². The highest BCUT2D eigenvalue weighted by Gasteiger charge is 2.28. The summed E-state index contributed by atoms with van der Waals surface area (Å²) in [6.07, 6.45) is 2.81. The number of nitrogens with zero attached hydrogens (tertiary/aromatic N) is 3. The van der Waals surface area contributed by atoms with Crippen LogP contribution < -0.4 is 15.5 Å². The van der Waals surface area contributed by atoms with Gasteiger partial charge in [-0.25, -0.2) is 4.99 Å². The zero-order chi connectivity index (χ0) is 22.8. The van der Waals surface area contributed by atoms with Crippen LogP contribution in [0, 0.1) is 0 Å². The lowest BCUT2D eigenvalue weighted by Crippen LogP contribution is -2.33. The number of nitrogens with one attached hydrogen (secondary N) is 3. The van der Waals surface area contributed by atoms with Gasteiger partial charge in [0.15, 0.2) is 6.17 Å². The fourth-order valence-corrected chi connectivity index (χ4v) is 4.20. The molecular weight excluding hydrogens is 412 g/mol. The van der Waals surface area contributed by atoms with E-state index in [4.69, 9.17) is 4.99 Å². The highest BCUT2D eigenvalue weighted by Crippen LogP contribution is 2.37. The lowest BCUT2D eigenvalue weighted by Gasteiger charge is -2.35. The third kappa shape index (κ3) is 4.05. The average molecular weight is 439 g/mol. The van der Waals surface area contributed by atoms with Crippen LogP contribution in [0.4, 0.5) is 17.1 Å². The number of amidine groups is 1. The van der Waals surface area contributed by atoms with E-state index in [1.54, 1.807) is 0 Å². The molecule has 4 aromatic rings. The van der Waals surface area contributed by atoms with E-state index in [1.807, 2.05) is 68.7 Å². The number of rotatable bonds is 5. The van der Waals surface area contributed by atoms with Gasteiger partial charge in [-0.15, -0.1) is 0 Å². The zero-order valence-electron chi connectivity index (χ0n) is 18.7. The molecule has 0 saturated carbocycles. The number of carbonyl (C=O) groups is 1. The summed E-state index contributed by atoms with van der Waals surface area (Å²) in [6.45, 7) is 2.00. The maximum Gasteiger partial charge on any atom is 0.224 e. The molecule has 0 bridgehead atoms. The van der Waals surface area contributed by atoms with Crippen molar-refractivity contribution in [2.24, 2.45) is 4.99 Å². The molecule has 1 aliphatic heterocycles. The van der Waals surface area contributed by atoms with Gasteiger partial charge in [-0.1, -0.05) is 37.3 Å². The van der Waals surface area contributed by atoms with Gasteiger partial charge in [0.1, 0.15) is 5.84 Å². The molecule has 2 heterocycles. The second-order valence-corrected chi connectivity index (χ2v) is 8.16. The summed E-state index contributed by atoms with van der Waals surface area (Å²) in [7, 11) is 2.03. The highest BCUT2D eigenvalue weighted by molar-refractivity contribution is 6.13. The number of benzene rings is 3. The Morgan fingerprint density at radius 2 is 1.91 bits per heavy atom. The van der Waals surface area contributed by atoms with Crippen LogP contribution in [-0.4, -0.2) is 29.0 Å². The third-order valence-electron chi connectivity index (χ3n) is 5.85. The van der Waals surface area contributed by atoms with E-state index in [-0.39, 0.29) is 12.1 Å². The molecule has 0 saturated heterocycles. The molecule has 1 atom stereocenters. The minimum atomic E-state index is -0.293. The topological polar surface area (TPSA) is 85.4 Å². The van der Waals surface area contributed by atoms with Crippen LogP contribution in [0.15, 0.2) is 77.9 Å². The number of anilines is 3. The van der Waals surface area contributed by atoms with Crippen molar-refractivity contribution in [1.82, 2.24) is 10.2 Å². The van der Waals surface area contributed by atoms with Crippen molar-refractivity contribution < 1.29 is 4.79 Å². The standard InChI is InChI=1S/C26H26N6O/c1-3-8-24(33)29-22-11-6-4-9-19(22)26-30-25(20-10-5-7-12-23(20)32(26)2)28-18-13-14-21-17(15-18)16-27-31-21/h4-7,9-16,26H,3,8H2,1-2H3,(H,27,31)(H,28,30)(H,29,33). The van der Waals surface area contributed by atoms with Gasteiger partial charge in [0.05, 0.1) is 11.7 Å². The Kier molecular flexibility index (Phi) is 5.52. The molecule has 1 aliphatic rings. The fraction of sp³-hybridized carbons (Fsp3) is 0.192. The summed E-state index contributed by atoms with van der Waals surface area (Å²) in [5.74, 6) is 0.797. The quantitative estimate of drug-likeness (QED) is 0.394. The molecule has 7 heteroatoms. The number of para-hydroxylation sites is 2. The Morgan fingerprint density at radius 3 is 2.79 bits per heavy atom. The van der Waals surface area contributed by atoms with E-state index in [0.29, 0.717) is 6.42 Å². The normalized spacial score (nSPS) is 15.2. The largest absolute Gasteiger partial charge is 0.348 e. The Bertz CT molecular complexity index is 1340. The van der Waals surface area contributed by atoms with Crippen LogP contribution in [0.25, 0.3) is 10.9 Å². The molecule has 0 aliphatic carbocycles. The number of hydrogen-bond donors (Lipinski definition) is 3. The van der Waals surface area contributed by atoms with Crippen LogP contribution in [0.1, 0.15) is 37.1 Å². The molecule has 1 amide bonds. The third-order valence-corrected chi connectivity index (χ3v) is 5.85. The smallest absolute Gasteiger partial charge is 0.224 e. The van der Waals surface area contributed by atoms with Crippen molar-refractivity contribution in [3.63, 3.8) is 0 Å². The van der Waals surface area contributed by atoms with E-state index < -0.39 is 0 Å². The van der Waals surface area contributed by atoms with Gasteiger partial charge in [-0.2, -0.15) is 5.10 Å². The Labute approximate surface area is 192 Å². The molecule has 0 spiro atoms. The number of aliphatic imine (C=N–C) groups is 1. The van der Waals surface area contributed by atoms with E-state index in [2.05, 4.69) is 43.9 Å². The minimum Gasteiger partial charge on any atom is -0.348 e. The maximum absolute atomic E-state index is 12.3. The Morgan fingerprint density at radius 1 is 1.09 bits per heavy atom. The maximum atomic E-state index is 12.3. The van der Waals surface area contributed by atoms with Crippen LogP contribution in [-0.2, 0) is 4.79 Å². The average Bonchev–Trinajstić information content (AvgIpc) is 3.30. The van der Waals surface area contributed by atoms with Gasteiger partial charge in [-0.3, -0.25) is 9.89 Å². The van der Waals surface area contributed by atoms with Crippen LogP contribution in [0.3, 0.4) is 0 Å². The molecule has 0 fully saturated rings. The Balaban J connectivity index is 1.55. The fourth-order valence-electron chi connectivity index (χ4n) is 4.20. The van der Waals surface area contributed by atoms with Crippen molar-refractivity contribution in [2.75, 3.05) is 22.6 Å². The van der Waals surface area contributed by atoms with Gasteiger partial charge < -0.3 is 15.5 Å². The van der Waals surface area contributed by atoms with Crippen molar-refractivity contribution in [1.29, 1.82) is 0 Å². The summed E-state index contributed by atoms with van der Waals surface area (Å²) in [5.41, 5.74) is 5.75. The first-order valence-corrected chi connectivity index (χ1v) is 11.1. The molecular formula is C26H26N6O. The van der Waals surface area contributed by atoms with E-state index in [9.17, 15) is 4.79 Å². The predicted molar refractivity (Wildman–Crippen MR) is 134 cm³/mol. The monoisotopic (exact) mass is 438 g/mol. The summed E-state index contributed by atoms with van der Waals surface area (Å²) < 4.78 is 0. The summed E-state index contributed by atoms with van der Waals surface area (Å²) >= 11 is 0. The summed E-state index contributed by atoms with van der Waals surface area (Å²) in [5, 5.41) is 14.7. The van der Waals surface area contributed by atoms with E-state index in [1.165, 1.54) is 0 Å². The molecule has 3 N–H and O–H groups in total. The second kappa shape index (κ2) is 8.78. The minimum absolute atomic E-state index is 0.0135. The Hall–Kier alpha value is -4.13. The SMILES string of the molecule is CCCC(=O)Nc1ccccc1C1N=C(Nc2ccc3[nH]ncc3c2)c2ccccc2N1C. The van der Waals surface area contributed by atoms with Crippen molar-refractivity contribution >= 4 is 39.7 Å². The highest BCUT2D eigenvalue weighted by atomic mass is 16.1. The van der Waals surface area contributed by atoms with Gasteiger partial charge >= 0.3 is 0 Å². The summed E-state index contributed by atoms with van der Waals surface area (Å²) in [4.78, 5) is 19.6. The predicted octanol–water partition coefficient (Wildman–Crippen LogP) is 5.31. The lowest BCUT2D eigenvalue weighted by molar-refractivity contribution is -0.116. The van der Waals surface area contributed by atoms with Gasteiger partial charge in [0.25, 0.3) is 0 Å². The van der Waals surface area contributed by atoms with Crippen LogP contribution >= 0.6 is 0 Å². The van der Waals surface area contributed by atoms with Gasteiger partial charge in [0, 0.05) is 47.0 Å². The van der Waals surface area contributed by atoms with Crippen molar-refractivity contribution in [2.45, 2.75) is 25.9 Å². The second-order valence-electron chi connectivity index (χ2n) is 8.16. The van der Waals surface area contributed by atoms with Crippen LogP contribution in [0.2, 0.25) is 0 Å². The lowest BCUT2D eigenvalue weighted by atomic mass is 10.0.